The molecule has 194 valence electrons. The number of nitrogens with one attached hydrogen (secondary N) is 2. The van der Waals surface area contributed by atoms with E-state index in [1.54, 1.807) is 24.3 Å². The molecule has 1 atom stereocenters. The highest BCUT2D eigenvalue weighted by Gasteiger charge is 2.23. The van der Waals surface area contributed by atoms with Crippen LogP contribution in [0.1, 0.15) is 25.8 Å². The maximum absolute atomic E-state index is 12.7. The van der Waals surface area contributed by atoms with E-state index in [1.165, 1.54) is 0 Å². The monoisotopic (exact) mass is 504 g/mol. The second-order valence-corrected chi connectivity index (χ2v) is 8.82. The van der Waals surface area contributed by atoms with Crippen molar-refractivity contribution in [3.8, 4) is 17.2 Å². The third-order valence-corrected chi connectivity index (χ3v) is 5.19. The normalized spacial score (nSPS) is 11.3. The summed E-state index contributed by atoms with van der Waals surface area (Å²) in [7, 11) is 0. The summed E-state index contributed by atoms with van der Waals surface area (Å²) >= 11 is 0. The van der Waals surface area contributed by atoms with Gasteiger partial charge in [0.2, 0.25) is 5.91 Å². The van der Waals surface area contributed by atoms with Gasteiger partial charge in [-0.1, -0.05) is 62.4 Å². The molecule has 0 aliphatic carbocycles. The molecule has 0 saturated carbocycles. The van der Waals surface area contributed by atoms with Gasteiger partial charge >= 0.3 is 6.09 Å². The predicted molar refractivity (Wildman–Crippen MR) is 139 cm³/mol. The van der Waals surface area contributed by atoms with E-state index in [1.807, 2.05) is 74.5 Å². The van der Waals surface area contributed by atoms with E-state index in [0.717, 1.165) is 11.3 Å². The van der Waals surface area contributed by atoms with Crippen LogP contribution in [-0.4, -0.2) is 37.0 Å². The van der Waals surface area contributed by atoms with Gasteiger partial charge in [0.25, 0.3) is 0 Å². The summed E-state index contributed by atoms with van der Waals surface area (Å²) in [6.45, 7) is 3.54. The Morgan fingerprint density at radius 1 is 0.784 bits per heavy atom. The molecule has 0 fully saturated rings. The van der Waals surface area contributed by atoms with E-state index >= 15 is 0 Å². The van der Waals surface area contributed by atoms with Gasteiger partial charge in [-0.15, -0.1) is 0 Å². The van der Waals surface area contributed by atoms with Crippen molar-refractivity contribution in [2.24, 2.45) is 5.92 Å². The largest absolute Gasteiger partial charge is 0.486 e. The lowest BCUT2D eigenvalue weighted by molar-refractivity contribution is -0.127. The van der Waals surface area contributed by atoms with E-state index in [4.69, 9.17) is 14.2 Å². The van der Waals surface area contributed by atoms with Crippen LogP contribution in [0.15, 0.2) is 84.9 Å². The fraction of sp³-hybridized carbons (Fsp3) is 0.276. The fourth-order valence-corrected chi connectivity index (χ4v) is 3.36. The molecule has 3 rings (SSSR count). The Balaban J connectivity index is 1.41. The number of ketones is 1. The maximum atomic E-state index is 12.7. The lowest BCUT2D eigenvalue weighted by atomic mass is 10.0. The number of hydrogen-bond donors (Lipinski definition) is 2. The van der Waals surface area contributed by atoms with Gasteiger partial charge in [0.1, 0.15) is 36.5 Å². The number of ether oxygens (including phenoxy) is 3. The van der Waals surface area contributed by atoms with Crippen molar-refractivity contribution in [1.29, 1.82) is 0 Å². The van der Waals surface area contributed by atoms with Crippen LogP contribution in [-0.2, 0) is 20.9 Å². The van der Waals surface area contributed by atoms with Crippen LogP contribution in [0.3, 0.4) is 0 Å². The molecule has 0 spiro atoms. The smallest absolute Gasteiger partial charge is 0.408 e. The van der Waals surface area contributed by atoms with E-state index in [-0.39, 0.29) is 31.5 Å². The Morgan fingerprint density at radius 2 is 1.38 bits per heavy atom. The number of Topliss-reactive ketones (excluding diaryl/α,β-unsaturated/α-hetero) is 1. The summed E-state index contributed by atoms with van der Waals surface area (Å²) < 4.78 is 16.5. The standard InChI is InChI=1S/C29H32N2O6/c1-21(2)17-27(31-29(34)36-19-22-9-5-3-6-10-22)28(33)30-18-23(32)20-35-24-13-15-26(16-14-24)37-25-11-7-4-8-12-25/h3-16,21,27H,17-20H2,1-2H3,(H,30,33)(H,31,34)/t27-/m0/s1. The summed E-state index contributed by atoms with van der Waals surface area (Å²) in [6, 6.07) is 24.7. The zero-order chi connectivity index (χ0) is 26.5. The van der Waals surface area contributed by atoms with Gasteiger partial charge in [-0.2, -0.15) is 0 Å². The van der Waals surface area contributed by atoms with Crippen molar-refractivity contribution in [2.75, 3.05) is 13.2 Å². The lowest BCUT2D eigenvalue weighted by Gasteiger charge is -2.20. The Morgan fingerprint density at radius 3 is 2.03 bits per heavy atom. The zero-order valence-corrected chi connectivity index (χ0v) is 21.0. The SMILES string of the molecule is CC(C)C[C@H](NC(=O)OCc1ccccc1)C(=O)NCC(=O)COc1ccc(Oc2ccccc2)cc1. The third kappa shape index (κ3) is 10.0. The number of carbonyl (C=O) groups is 3. The highest BCUT2D eigenvalue weighted by atomic mass is 16.5. The Bertz CT molecular complexity index is 1130. The number of hydrogen-bond acceptors (Lipinski definition) is 6. The van der Waals surface area contributed by atoms with Gasteiger partial charge in [0.05, 0.1) is 6.54 Å². The van der Waals surface area contributed by atoms with E-state index in [2.05, 4.69) is 10.6 Å². The first-order chi connectivity index (χ1) is 17.9. The molecule has 0 unspecified atom stereocenters. The van der Waals surface area contributed by atoms with E-state index in [0.29, 0.717) is 17.9 Å². The molecule has 8 heteroatoms. The molecule has 3 aromatic carbocycles. The molecule has 8 nitrogen and oxygen atoms in total. The van der Waals surface area contributed by atoms with E-state index in [9.17, 15) is 14.4 Å². The highest BCUT2D eigenvalue weighted by Crippen LogP contribution is 2.23. The highest BCUT2D eigenvalue weighted by molar-refractivity contribution is 5.90. The molecule has 0 aliphatic rings. The molecule has 3 aromatic rings. The molecular weight excluding hydrogens is 472 g/mol. The average molecular weight is 505 g/mol. The molecule has 37 heavy (non-hydrogen) atoms. The molecule has 0 aliphatic heterocycles. The van der Waals surface area contributed by atoms with Crippen molar-refractivity contribution in [3.63, 3.8) is 0 Å². The molecule has 0 saturated heterocycles. The van der Waals surface area contributed by atoms with Gasteiger partial charge in [-0.3, -0.25) is 9.59 Å². The predicted octanol–water partition coefficient (Wildman–Crippen LogP) is 4.88. The summed E-state index contributed by atoms with van der Waals surface area (Å²) in [5.41, 5.74) is 0.839. The van der Waals surface area contributed by atoms with Gasteiger partial charge in [0, 0.05) is 0 Å². The minimum Gasteiger partial charge on any atom is -0.486 e. The summed E-state index contributed by atoms with van der Waals surface area (Å²) in [4.78, 5) is 37.2. The van der Waals surface area contributed by atoms with Gasteiger partial charge in [0.15, 0.2) is 5.78 Å². The van der Waals surface area contributed by atoms with Crippen LogP contribution in [0, 0.1) is 5.92 Å². The molecule has 0 heterocycles. The number of benzene rings is 3. The number of amides is 2. The Hall–Kier alpha value is -4.33. The van der Waals surface area contributed by atoms with Crippen LogP contribution < -0.4 is 20.1 Å². The number of carbonyl (C=O) groups excluding carboxylic acids is 3. The van der Waals surface area contributed by atoms with Crippen molar-refractivity contribution >= 4 is 17.8 Å². The molecule has 2 amide bonds. The van der Waals surface area contributed by atoms with Crippen molar-refractivity contribution in [1.82, 2.24) is 10.6 Å². The average Bonchev–Trinajstić information content (AvgIpc) is 2.90. The zero-order valence-electron chi connectivity index (χ0n) is 21.0. The van der Waals surface area contributed by atoms with Crippen LogP contribution in [0.25, 0.3) is 0 Å². The first-order valence-corrected chi connectivity index (χ1v) is 12.1. The van der Waals surface area contributed by atoms with Crippen LogP contribution >= 0.6 is 0 Å². The van der Waals surface area contributed by atoms with Crippen LogP contribution in [0.5, 0.6) is 17.2 Å². The maximum Gasteiger partial charge on any atom is 0.408 e. The van der Waals surface area contributed by atoms with Gasteiger partial charge < -0.3 is 24.8 Å². The Kier molecular flexibility index (Phi) is 10.5. The molecule has 0 aromatic heterocycles. The molecule has 0 bridgehead atoms. The first kappa shape index (κ1) is 27.3. The first-order valence-electron chi connectivity index (χ1n) is 12.1. The van der Waals surface area contributed by atoms with E-state index < -0.39 is 18.0 Å². The van der Waals surface area contributed by atoms with Crippen molar-refractivity contribution < 1.29 is 28.6 Å². The number of para-hydroxylation sites is 1. The summed E-state index contributed by atoms with van der Waals surface area (Å²) in [6.07, 6.45) is -0.298. The number of alkyl carbamates (subject to hydrolysis) is 1. The van der Waals surface area contributed by atoms with Gasteiger partial charge in [-0.25, -0.2) is 4.79 Å². The summed E-state index contributed by atoms with van der Waals surface area (Å²) in [5.74, 6) is 1.23. The van der Waals surface area contributed by atoms with Gasteiger partial charge in [-0.05, 0) is 54.3 Å². The fourth-order valence-electron chi connectivity index (χ4n) is 3.36. The molecular formula is C29H32N2O6. The minimum absolute atomic E-state index is 0.0951. The lowest BCUT2D eigenvalue weighted by Crippen LogP contribution is -2.48. The molecule has 2 N–H and O–H groups in total. The quantitative estimate of drug-likeness (QED) is 0.344. The van der Waals surface area contributed by atoms with Crippen molar-refractivity contribution in [3.05, 3.63) is 90.5 Å². The van der Waals surface area contributed by atoms with Crippen LogP contribution in [0.2, 0.25) is 0 Å². The third-order valence-electron chi connectivity index (χ3n) is 5.19. The van der Waals surface area contributed by atoms with Crippen molar-refractivity contribution in [2.45, 2.75) is 32.9 Å². The van der Waals surface area contributed by atoms with Crippen LogP contribution in [0.4, 0.5) is 4.79 Å². The second-order valence-electron chi connectivity index (χ2n) is 8.82. The Labute approximate surface area is 216 Å². The minimum atomic E-state index is -0.825. The summed E-state index contributed by atoms with van der Waals surface area (Å²) in [5, 5.41) is 5.18. The topological polar surface area (TPSA) is 103 Å². The second kappa shape index (κ2) is 14.3. The number of rotatable bonds is 13. The molecule has 0 radical (unpaired) electrons.